The zero-order chi connectivity index (χ0) is 20.6. The summed E-state index contributed by atoms with van der Waals surface area (Å²) in [5, 5.41) is 8.79. The largest absolute Gasteiger partial charge is 0.496 e. The van der Waals surface area contributed by atoms with E-state index in [4.69, 9.17) is 9.47 Å². The van der Waals surface area contributed by atoms with Crippen LogP contribution >= 0.6 is 11.8 Å². The summed E-state index contributed by atoms with van der Waals surface area (Å²) in [4.78, 5) is 12.7. The molecule has 1 atom stereocenters. The summed E-state index contributed by atoms with van der Waals surface area (Å²) >= 11 is 1.31. The number of rotatable bonds is 9. The maximum atomic E-state index is 12.7. The van der Waals surface area contributed by atoms with Crippen LogP contribution in [0.5, 0.6) is 5.75 Å². The highest BCUT2D eigenvalue weighted by Crippen LogP contribution is 2.38. The number of nitrogens with zero attached hydrogens (tertiary/aromatic N) is 3. The maximum absolute atomic E-state index is 12.7. The summed E-state index contributed by atoms with van der Waals surface area (Å²) in [6.45, 7) is 6.45. The third-order valence-corrected chi connectivity index (χ3v) is 5.42. The minimum absolute atomic E-state index is 0.310. The Labute approximate surface area is 174 Å². The fraction of sp³-hybridized carbons (Fsp3) is 0.227. The summed E-state index contributed by atoms with van der Waals surface area (Å²) in [6.07, 6.45) is 1.77. The Balaban J connectivity index is 2.02. The number of hydrogen-bond donors (Lipinski definition) is 0. The van der Waals surface area contributed by atoms with E-state index in [1.165, 1.54) is 11.8 Å². The topological polar surface area (TPSA) is 66.2 Å². The lowest BCUT2D eigenvalue weighted by Gasteiger charge is -2.16. The van der Waals surface area contributed by atoms with Gasteiger partial charge < -0.3 is 9.47 Å². The first-order valence-corrected chi connectivity index (χ1v) is 10.1. The molecule has 0 aliphatic carbocycles. The van der Waals surface area contributed by atoms with Gasteiger partial charge in [-0.25, -0.2) is 0 Å². The van der Waals surface area contributed by atoms with Gasteiger partial charge in [0, 0.05) is 6.54 Å². The molecule has 2 aromatic carbocycles. The van der Waals surface area contributed by atoms with Gasteiger partial charge in [0.05, 0.1) is 19.3 Å². The summed E-state index contributed by atoms with van der Waals surface area (Å²) in [6, 6.07) is 17.1. The highest BCUT2D eigenvalue weighted by atomic mass is 32.2. The van der Waals surface area contributed by atoms with E-state index in [1.54, 1.807) is 20.1 Å². The number of thioether (sulfide) groups is 1. The Morgan fingerprint density at radius 2 is 1.90 bits per heavy atom. The van der Waals surface area contributed by atoms with Gasteiger partial charge >= 0.3 is 5.97 Å². The van der Waals surface area contributed by atoms with Gasteiger partial charge in [-0.3, -0.25) is 9.36 Å². The lowest BCUT2D eigenvalue weighted by atomic mass is 10.1. The van der Waals surface area contributed by atoms with Crippen LogP contribution in [0, 0.1) is 0 Å². The number of allylic oxidation sites excluding steroid dienone is 1. The van der Waals surface area contributed by atoms with E-state index in [0.717, 1.165) is 11.1 Å². The highest BCUT2D eigenvalue weighted by Gasteiger charge is 2.27. The fourth-order valence-corrected chi connectivity index (χ4v) is 3.95. The predicted octanol–water partition coefficient (Wildman–Crippen LogP) is 4.54. The molecule has 0 bridgehead atoms. The van der Waals surface area contributed by atoms with Crippen LogP contribution in [0.2, 0.25) is 0 Å². The maximum Gasteiger partial charge on any atom is 0.324 e. The predicted molar refractivity (Wildman–Crippen MR) is 114 cm³/mol. The molecule has 7 heteroatoms. The minimum Gasteiger partial charge on any atom is -0.496 e. The van der Waals surface area contributed by atoms with E-state index in [-0.39, 0.29) is 5.97 Å². The molecule has 3 aromatic rings. The van der Waals surface area contributed by atoms with Crippen molar-refractivity contribution in [1.29, 1.82) is 0 Å². The zero-order valence-corrected chi connectivity index (χ0v) is 17.3. The molecule has 0 aliphatic heterocycles. The van der Waals surface area contributed by atoms with Gasteiger partial charge in [-0.05, 0) is 24.6 Å². The molecule has 3 rings (SSSR count). The van der Waals surface area contributed by atoms with E-state index < -0.39 is 5.25 Å². The molecule has 0 spiro atoms. The third kappa shape index (κ3) is 4.68. The Kier molecular flexibility index (Phi) is 7.08. The van der Waals surface area contributed by atoms with Crippen LogP contribution < -0.4 is 4.74 Å². The molecular formula is C22H23N3O3S. The molecule has 1 aromatic heterocycles. The summed E-state index contributed by atoms with van der Waals surface area (Å²) in [7, 11) is 1.62. The summed E-state index contributed by atoms with van der Waals surface area (Å²) in [5.74, 6) is 1.04. The van der Waals surface area contributed by atoms with Gasteiger partial charge in [-0.1, -0.05) is 60.3 Å². The molecule has 0 fully saturated rings. The number of hydrogen-bond acceptors (Lipinski definition) is 6. The van der Waals surface area contributed by atoms with Gasteiger partial charge in [0.1, 0.15) is 11.0 Å². The Bertz CT molecular complexity index is 972. The van der Waals surface area contributed by atoms with E-state index >= 15 is 0 Å². The molecule has 0 saturated heterocycles. The highest BCUT2D eigenvalue weighted by molar-refractivity contribution is 8.00. The van der Waals surface area contributed by atoms with Gasteiger partial charge in [0.2, 0.25) is 0 Å². The number of carbonyl (C=O) groups excluding carboxylic acids is 1. The number of aromatic nitrogens is 3. The molecule has 0 unspecified atom stereocenters. The van der Waals surface area contributed by atoms with Crippen molar-refractivity contribution in [1.82, 2.24) is 14.8 Å². The van der Waals surface area contributed by atoms with E-state index in [0.29, 0.717) is 29.9 Å². The second-order valence-electron chi connectivity index (χ2n) is 6.07. The molecule has 0 saturated carbocycles. The minimum atomic E-state index is -0.547. The first-order chi connectivity index (χ1) is 14.2. The summed E-state index contributed by atoms with van der Waals surface area (Å²) in [5.41, 5.74) is 1.67. The van der Waals surface area contributed by atoms with Crippen molar-refractivity contribution in [2.45, 2.75) is 23.9 Å². The van der Waals surface area contributed by atoms with Crippen molar-refractivity contribution in [2.75, 3.05) is 13.7 Å². The Hall–Kier alpha value is -3.06. The number of benzene rings is 2. The number of ether oxygens (including phenoxy) is 2. The molecule has 0 aliphatic rings. The monoisotopic (exact) mass is 409 g/mol. The SMILES string of the molecule is C=CCn1c(S[C@@H](C(=O)OCC)c2ccccc2)nnc1-c1ccccc1OC. The number of methoxy groups -OCH3 is 1. The normalized spacial score (nSPS) is 11.7. The smallest absolute Gasteiger partial charge is 0.324 e. The van der Waals surface area contributed by atoms with Crippen LogP contribution in [-0.2, 0) is 16.1 Å². The quantitative estimate of drug-likeness (QED) is 0.294. The van der Waals surface area contributed by atoms with Gasteiger partial charge in [0.15, 0.2) is 11.0 Å². The third-order valence-electron chi connectivity index (χ3n) is 4.20. The van der Waals surface area contributed by atoms with Gasteiger partial charge in [0.25, 0.3) is 0 Å². The fourth-order valence-electron chi connectivity index (χ4n) is 2.90. The molecule has 6 nitrogen and oxygen atoms in total. The van der Waals surface area contributed by atoms with Crippen LogP contribution in [0.4, 0.5) is 0 Å². The number of carbonyl (C=O) groups is 1. The second kappa shape index (κ2) is 9.93. The first kappa shape index (κ1) is 20.7. The first-order valence-electron chi connectivity index (χ1n) is 9.25. The van der Waals surface area contributed by atoms with E-state index in [9.17, 15) is 4.79 Å². The molecule has 0 N–H and O–H groups in total. The van der Waals surface area contributed by atoms with Gasteiger partial charge in [-0.2, -0.15) is 0 Å². The van der Waals surface area contributed by atoms with Crippen LogP contribution in [0.1, 0.15) is 17.7 Å². The lowest BCUT2D eigenvalue weighted by Crippen LogP contribution is -2.14. The van der Waals surface area contributed by atoms with Crippen molar-refractivity contribution >= 4 is 17.7 Å². The van der Waals surface area contributed by atoms with Crippen LogP contribution in [0.3, 0.4) is 0 Å². The second-order valence-corrected chi connectivity index (χ2v) is 7.14. The average Bonchev–Trinajstić information content (AvgIpc) is 3.15. The van der Waals surface area contributed by atoms with E-state index in [2.05, 4.69) is 16.8 Å². The van der Waals surface area contributed by atoms with Crippen LogP contribution in [0.15, 0.2) is 72.4 Å². The van der Waals surface area contributed by atoms with Crippen molar-refractivity contribution in [3.8, 4) is 17.1 Å². The van der Waals surface area contributed by atoms with Crippen molar-refractivity contribution in [2.24, 2.45) is 0 Å². The van der Waals surface area contributed by atoms with Crippen LogP contribution in [0.25, 0.3) is 11.4 Å². The average molecular weight is 410 g/mol. The summed E-state index contributed by atoms with van der Waals surface area (Å²) < 4.78 is 12.7. The molecule has 0 amide bonds. The van der Waals surface area contributed by atoms with E-state index in [1.807, 2.05) is 59.2 Å². The molecule has 1 heterocycles. The molecule has 0 radical (unpaired) electrons. The molecule has 29 heavy (non-hydrogen) atoms. The molecular weight excluding hydrogens is 386 g/mol. The Morgan fingerprint density at radius 3 is 2.59 bits per heavy atom. The Morgan fingerprint density at radius 1 is 1.17 bits per heavy atom. The van der Waals surface area contributed by atoms with Crippen molar-refractivity contribution in [3.63, 3.8) is 0 Å². The number of para-hydroxylation sites is 1. The van der Waals surface area contributed by atoms with Crippen molar-refractivity contribution in [3.05, 3.63) is 72.8 Å². The van der Waals surface area contributed by atoms with Gasteiger partial charge in [-0.15, -0.1) is 16.8 Å². The lowest BCUT2D eigenvalue weighted by molar-refractivity contribution is -0.142. The molecule has 150 valence electrons. The standard InChI is InChI=1S/C22H23N3O3S/c1-4-15-25-20(17-13-9-10-14-18(17)27-3)23-24-22(25)29-19(21(26)28-5-2)16-11-7-6-8-12-16/h4,6-14,19H,1,5,15H2,2-3H3/t19-/m1/s1. The van der Waals surface area contributed by atoms with Crippen LogP contribution in [-0.4, -0.2) is 34.5 Å². The number of esters is 1. The van der Waals surface area contributed by atoms with Crippen molar-refractivity contribution < 1.29 is 14.3 Å². The zero-order valence-electron chi connectivity index (χ0n) is 16.4.